The number of carbonyl (C=O) groups is 1. The van der Waals surface area contributed by atoms with E-state index in [1.807, 2.05) is 17.0 Å². The van der Waals surface area contributed by atoms with E-state index in [4.69, 9.17) is 10.00 Å². The number of aromatic nitrogens is 1. The lowest BCUT2D eigenvalue weighted by atomic mass is 10.2. The van der Waals surface area contributed by atoms with Gasteiger partial charge < -0.3 is 9.64 Å². The third-order valence-corrected chi connectivity index (χ3v) is 3.77. The molecular formula is C18H17N3O2. The van der Waals surface area contributed by atoms with Crippen LogP contribution in [0.5, 0.6) is 5.75 Å². The Labute approximate surface area is 135 Å². The van der Waals surface area contributed by atoms with E-state index in [0.29, 0.717) is 23.9 Å². The summed E-state index contributed by atoms with van der Waals surface area (Å²) in [4.78, 5) is 18.4. The van der Waals surface area contributed by atoms with Crippen molar-refractivity contribution in [3.63, 3.8) is 0 Å². The zero-order valence-electron chi connectivity index (χ0n) is 12.7. The van der Waals surface area contributed by atoms with Crippen molar-refractivity contribution in [3.05, 3.63) is 59.9 Å². The number of rotatable bonds is 6. The number of pyridine rings is 1. The van der Waals surface area contributed by atoms with Gasteiger partial charge in [-0.25, -0.2) is 0 Å². The molecule has 1 amide bonds. The molecule has 0 atom stereocenters. The fourth-order valence-electron chi connectivity index (χ4n) is 2.40. The van der Waals surface area contributed by atoms with Gasteiger partial charge in [0.05, 0.1) is 5.56 Å². The van der Waals surface area contributed by atoms with Crippen molar-refractivity contribution in [2.24, 2.45) is 0 Å². The highest BCUT2D eigenvalue weighted by molar-refractivity contribution is 5.78. The Balaban J connectivity index is 1.64. The van der Waals surface area contributed by atoms with E-state index in [1.165, 1.54) is 0 Å². The zero-order chi connectivity index (χ0) is 16.1. The maximum Gasteiger partial charge on any atom is 0.261 e. The van der Waals surface area contributed by atoms with E-state index in [0.717, 1.165) is 18.4 Å². The number of amides is 1. The highest BCUT2D eigenvalue weighted by Crippen LogP contribution is 2.28. The lowest BCUT2D eigenvalue weighted by molar-refractivity contribution is -0.134. The summed E-state index contributed by atoms with van der Waals surface area (Å²) in [5.74, 6) is 0.389. The predicted molar refractivity (Wildman–Crippen MR) is 84.5 cm³/mol. The maximum absolute atomic E-state index is 12.5. The smallest absolute Gasteiger partial charge is 0.261 e. The number of hydrogen-bond donors (Lipinski definition) is 0. The molecule has 1 aliphatic carbocycles. The second-order valence-corrected chi connectivity index (χ2v) is 5.50. The first kappa shape index (κ1) is 15.0. The van der Waals surface area contributed by atoms with Crippen molar-refractivity contribution in [2.75, 3.05) is 6.61 Å². The molecule has 23 heavy (non-hydrogen) atoms. The molecule has 0 spiro atoms. The molecule has 5 heteroatoms. The Kier molecular flexibility index (Phi) is 4.53. The van der Waals surface area contributed by atoms with E-state index >= 15 is 0 Å². The van der Waals surface area contributed by atoms with Gasteiger partial charge in [-0.3, -0.25) is 9.78 Å². The quantitative estimate of drug-likeness (QED) is 0.822. The molecule has 0 radical (unpaired) electrons. The summed E-state index contributed by atoms with van der Waals surface area (Å²) in [5.41, 5.74) is 1.49. The molecule has 0 saturated heterocycles. The molecule has 1 fully saturated rings. The van der Waals surface area contributed by atoms with E-state index in [2.05, 4.69) is 11.1 Å². The minimum atomic E-state index is -0.0583. The van der Waals surface area contributed by atoms with Crippen LogP contribution < -0.4 is 4.74 Å². The van der Waals surface area contributed by atoms with Gasteiger partial charge >= 0.3 is 0 Å². The fraction of sp³-hybridized carbons (Fsp3) is 0.278. The van der Waals surface area contributed by atoms with Gasteiger partial charge in [0, 0.05) is 25.0 Å². The summed E-state index contributed by atoms with van der Waals surface area (Å²) in [5, 5.41) is 9.05. The lowest BCUT2D eigenvalue weighted by Gasteiger charge is -2.22. The minimum Gasteiger partial charge on any atom is -0.482 e. The van der Waals surface area contributed by atoms with Crippen molar-refractivity contribution in [2.45, 2.75) is 25.4 Å². The molecule has 1 heterocycles. The van der Waals surface area contributed by atoms with Crippen LogP contribution in [0.25, 0.3) is 0 Å². The summed E-state index contributed by atoms with van der Waals surface area (Å²) >= 11 is 0. The van der Waals surface area contributed by atoms with E-state index in [1.54, 1.807) is 36.7 Å². The Morgan fingerprint density at radius 3 is 2.70 bits per heavy atom. The second kappa shape index (κ2) is 6.93. The number of ether oxygens (including phenoxy) is 1. The minimum absolute atomic E-state index is 0.0553. The van der Waals surface area contributed by atoms with Gasteiger partial charge in [-0.05, 0) is 42.7 Å². The molecule has 3 rings (SSSR count). The Hall–Kier alpha value is -2.87. The van der Waals surface area contributed by atoms with Gasteiger partial charge in [-0.1, -0.05) is 12.1 Å². The monoisotopic (exact) mass is 307 g/mol. The van der Waals surface area contributed by atoms with Crippen molar-refractivity contribution in [1.82, 2.24) is 9.88 Å². The number of nitriles is 1. The first-order valence-corrected chi connectivity index (χ1v) is 7.58. The summed E-state index contributed by atoms with van der Waals surface area (Å²) in [6.45, 7) is 0.509. The topological polar surface area (TPSA) is 66.2 Å². The summed E-state index contributed by atoms with van der Waals surface area (Å²) < 4.78 is 5.56. The highest BCUT2D eigenvalue weighted by Gasteiger charge is 2.32. The van der Waals surface area contributed by atoms with Crippen molar-refractivity contribution < 1.29 is 9.53 Å². The van der Waals surface area contributed by atoms with Gasteiger partial charge in [-0.15, -0.1) is 0 Å². The van der Waals surface area contributed by atoms with Crippen LogP contribution in [0.2, 0.25) is 0 Å². The van der Waals surface area contributed by atoms with Crippen LogP contribution in [0.1, 0.15) is 24.0 Å². The molecule has 1 aromatic carbocycles. The molecule has 0 bridgehead atoms. The number of hydrogen-bond acceptors (Lipinski definition) is 4. The SMILES string of the molecule is N#Cc1ccccc1OCC(=O)N(Cc1ccncc1)C1CC1. The molecule has 2 aromatic rings. The first-order chi connectivity index (χ1) is 11.3. The van der Waals surface area contributed by atoms with Crippen LogP contribution in [0.4, 0.5) is 0 Å². The number of carbonyl (C=O) groups excluding carboxylic acids is 1. The van der Waals surface area contributed by atoms with Crippen LogP contribution in [0.15, 0.2) is 48.8 Å². The van der Waals surface area contributed by atoms with Crippen LogP contribution in [0, 0.1) is 11.3 Å². The maximum atomic E-state index is 12.5. The molecule has 0 N–H and O–H groups in total. The number of benzene rings is 1. The van der Waals surface area contributed by atoms with Crippen LogP contribution in [0.3, 0.4) is 0 Å². The second-order valence-electron chi connectivity index (χ2n) is 5.50. The number of nitrogens with zero attached hydrogens (tertiary/aromatic N) is 3. The van der Waals surface area contributed by atoms with E-state index in [-0.39, 0.29) is 12.5 Å². The van der Waals surface area contributed by atoms with Gasteiger partial charge in [-0.2, -0.15) is 5.26 Å². The average Bonchev–Trinajstić information content (AvgIpc) is 3.43. The Morgan fingerprint density at radius 2 is 2.00 bits per heavy atom. The van der Waals surface area contributed by atoms with Crippen molar-refractivity contribution in [3.8, 4) is 11.8 Å². The third-order valence-electron chi connectivity index (χ3n) is 3.77. The van der Waals surface area contributed by atoms with E-state index in [9.17, 15) is 4.79 Å². The van der Waals surface area contributed by atoms with Gasteiger partial charge in [0.2, 0.25) is 0 Å². The molecule has 0 unspecified atom stereocenters. The summed E-state index contributed by atoms with van der Waals surface area (Å²) in [6, 6.07) is 13.1. The lowest BCUT2D eigenvalue weighted by Crippen LogP contribution is -2.36. The standard InChI is InChI=1S/C18H17N3O2/c19-11-15-3-1-2-4-17(15)23-13-18(22)21(16-5-6-16)12-14-7-9-20-10-8-14/h1-4,7-10,16H,5-6,12-13H2. The summed E-state index contributed by atoms with van der Waals surface area (Å²) in [7, 11) is 0. The largest absolute Gasteiger partial charge is 0.482 e. The molecule has 0 aliphatic heterocycles. The molecular weight excluding hydrogens is 290 g/mol. The average molecular weight is 307 g/mol. The fourth-order valence-corrected chi connectivity index (χ4v) is 2.40. The van der Waals surface area contributed by atoms with Crippen molar-refractivity contribution in [1.29, 1.82) is 5.26 Å². The predicted octanol–water partition coefficient (Wildman–Crippen LogP) is 2.52. The molecule has 5 nitrogen and oxygen atoms in total. The third kappa shape index (κ3) is 3.86. The Bertz CT molecular complexity index is 721. The van der Waals surface area contributed by atoms with Gasteiger partial charge in [0.15, 0.2) is 6.61 Å². The molecule has 116 valence electrons. The van der Waals surface area contributed by atoms with Crippen LogP contribution in [-0.2, 0) is 11.3 Å². The number of para-hydroxylation sites is 1. The zero-order valence-corrected chi connectivity index (χ0v) is 12.7. The molecule has 1 saturated carbocycles. The molecule has 1 aromatic heterocycles. The van der Waals surface area contributed by atoms with Gasteiger partial charge in [0.1, 0.15) is 11.8 Å². The van der Waals surface area contributed by atoms with Crippen molar-refractivity contribution >= 4 is 5.91 Å². The van der Waals surface area contributed by atoms with Crippen LogP contribution >= 0.6 is 0 Å². The summed E-state index contributed by atoms with van der Waals surface area (Å²) in [6.07, 6.45) is 5.52. The highest BCUT2D eigenvalue weighted by atomic mass is 16.5. The van der Waals surface area contributed by atoms with Gasteiger partial charge in [0.25, 0.3) is 5.91 Å². The van der Waals surface area contributed by atoms with E-state index < -0.39 is 0 Å². The normalized spacial score (nSPS) is 13.2. The Morgan fingerprint density at radius 1 is 1.26 bits per heavy atom. The van der Waals surface area contributed by atoms with Crippen LogP contribution in [-0.4, -0.2) is 28.4 Å². The molecule has 1 aliphatic rings. The first-order valence-electron chi connectivity index (χ1n) is 7.58.